The van der Waals surface area contributed by atoms with Crippen molar-refractivity contribution in [3.05, 3.63) is 35.9 Å². The van der Waals surface area contributed by atoms with Crippen LogP contribution in [0.4, 0.5) is 4.79 Å². The van der Waals surface area contributed by atoms with Crippen LogP contribution in [0.15, 0.2) is 30.3 Å². The second kappa shape index (κ2) is 7.38. The van der Waals surface area contributed by atoms with Crippen molar-refractivity contribution in [1.82, 2.24) is 10.2 Å². The molecule has 0 aliphatic carbocycles. The van der Waals surface area contributed by atoms with E-state index in [1.54, 1.807) is 14.1 Å². The lowest BCUT2D eigenvalue weighted by atomic mass is 10.2. The number of hydrogen-bond acceptors (Lipinski definition) is 4. The van der Waals surface area contributed by atoms with E-state index in [9.17, 15) is 9.59 Å². The molecular weight excluding hydrogens is 248 g/mol. The van der Waals surface area contributed by atoms with Crippen LogP contribution < -0.4 is 5.32 Å². The molecule has 0 saturated carbocycles. The van der Waals surface area contributed by atoms with Gasteiger partial charge in [-0.25, -0.2) is 4.79 Å². The molecule has 0 aliphatic rings. The van der Waals surface area contributed by atoms with Gasteiger partial charge < -0.3 is 15.2 Å². The summed E-state index contributed by atoms with van der Waals surface area (Å²) in [6.07, 6.45) is -0.628. The van der Waals surface area contributed by atoms with E-state index in [4.69, 9.17) is 9.84 Å². The molecule has 1 atom stereocenters. The third kappa shape index (κ3) is 5.39. The number of carbonyl (C=O) groups is 2. The number of nitrogens with zero attached hydrogens (tertiary/aromatic N) is 1. The van der Waals surface area contributed by atoms with Crippen molar-refractivity contribution in [2.24, 2.45) is 0 Å². The van der Waals surface area contributed by atoms with Gasteiger partial charge in [0, 0.05) is 6.54 Å². The van der Waals surface area contributed by atoms with Gasteiger partial charge in [-0.3, -0.25) is 9.69 Å². The number of nitrogens with one attached hydrogen (secondary N) is 1. The zero-order valence-corrected chi connectivity index (χ0v) is 11.0. The lowest BCUT2D eigenvalue weighted by Gasteiger charge is -2.20. The average Bonchev–Trinajstić information content (AvgIpc) is 2.37. The molecule has 0 aromatic heterocycles. The highest BCUT2D eigenvalue weighted by atomic mass is 16.5. The van der Waals surface area contributed by atoms with Crippen LogP contribution in [0.2, 0.25) is 0 Å². The topological polar surface area (TPSA) is 78.9 Å². The number of alkyl carbamates (subject to hydrolysis) is 1. The van der Waals surface area contributed by atoms with E-state index in [-0.39, 0.29) is 13.2 Å². The van der Waals surface area contributed by atoms with Crippen molar-refractivity contribution in [2.45, 2.75) is 12.6 Å². The van der Waals surface area contributed by atoms with Gasteiger partial charge >= 0.3 is 12.1 Å². The highest BCUT2D eigenvalue weighted by molar-refractivity contribution is 5.75. The molecule has 1 aromatic carbocycles. The number of ether oxygens (including phenoxy) is 1. The summed E-state index contributed by atoms with van der Waals surface area (Å²) in [6.45, 7) is 0.155. The van der Waals surface area contributed by atoms with Gasteiger partial charge in [0.15, 0.2) is 0 Å². The van der Waals surface area contributed by atoms with Gasteiger partial charge in [-0.05, 0) is 19.7 Å². The number of carbonyl (C=O) groups excluding carboxylic acids is 1. The summed E-state index contributed by atoms with van der Waals surface area (Å²) in [5, 5.41) is 11.4. The summed E-state index contributed by atoms with van der Waals surface area (Å²) in [4.78, 5) is 23.8. The third-order valence-electron chi connectivity index (χ3n) is 2.56. The Bertz CT molecular complexity index is 420. The molecule has 0 radical (unpaired) electrons. The first kappa shape index (κ1) is 15.0. The molecule has 1 rings (SSSR count). The molecule has 1 aromatic rings. The zero-order valence-electron chi connectivity index (χ0n) is 11.0. The number of aliphatic carboxylic acids is 1. The fourth-order valence-electron chi connectivity index (χ4n) is 1.44. The second-order valence-electron chi connectivity index (χ2n) is 4.26. The Morgan fingerprint density at radius 2 is 1.95 bits per heavy atom. The van der Waals surface area contributed by atoms with Crippen LogP contribution in [-0.2, 0) is 16.1 Å². The molecule has 1 unspecified atom stereocenters. The van der Waals surface area contributed by atoms with Crippen molar-refractivity contribution in [3.63, 3.8) is 0 Å². The van der Waals surface area contributed by atoms with Crippen LogP contribution in [-0.4, -0.2) is 48.8 Å². The highest BCUT2D eigenvalue weighted by Crippen LogP contribution is 2.00. The lowest BCUT2D eigenvalue weighted by Crippen LogP contribution is -2.45. The monoisotopic (exact) mass is 266 g/mol. The first-order valence-corrected chi connectivity index (χ1v) is 5.84. The molecule has 0 spiro atoms. The molecule has 0 saturated heterocycles. The normalized spacial score (nSPS) is 11.9. The Morgan fingerprint density at radius 1 is 1.32 bits per heavy atom. The number of rotatable bonds is 6. The van der Waals surface area contributed by atoms with Crippen LogP contribution in [0.5, 0.6) is 0 Å². The van der Waals surface area contributed by atoms with Crippen LogP contribution >= 0.6 is 0 Å². The Labute approximate surface area is 112 Å². The number of carboxylic acid groups (broad SMARTS) is 1. The van der Waals surface area contributed by atoms with E-state index in [1.165, 1.54) is 4.90 Å². The molecule has 19 heavy (non-hydrogen) atoms. The van der Waals surface area contributed by atoms with Crippen LogP contribution in [0, 0.1) is 0 Å². The third-order valence-corrected chi connectivity index (χ3v) is 2.56. The molecule has 104 valence electrons. The summed E-state index contributed by atoms with van der Waals surface area (Å²) >= 11 is 0. The van der Waals surface area contributed by atoms with Crippen molar-refractivity contribution in [3.8, 4) is 0 Å². The molecule has 2 N–H and O–H groups in total. The number of carboxylic acids is 1. The molecule has 0 bridgehead atoms. The van der Waals surface area contributed by atoms with E-state index in [0.29, 0.717) is 0 Å². The first-order chi connectivity index (χ1) is 9.00. The predicted octanol–water partition coefficient (Wildman–Crippen LogP) is 0.928. The van der Waals surface area contributed by atoms with Crippen molar-refractivity contribution in [1.29, 1.82) is 0 Å². The molecule has 0 aliphatic heterocycles. The maximum atomic E-state index is 11.4. The maximum absolute atomic E-state index is 11.4. The number of benzene rings is 1. The van der Waals surface area contributed by atoms with Crippen molar-refractivity contribution >= 4 is 12.1 Å². The van der Waals surface area contributed by atoms with Crippen molar-refractivity contribution < 1.29 is 19.4 Å². The van der Waals surface area contributed by atoms with Crippen LogP contribution in [0.25, 0.3) is 0 Å². The van der Waals surface area contributed by atoms with E-state index in [2.05, 4.69) is 5.32 Å². The Morgan fingerprint density at radius 3 is 2.47 bits per heavy atom. The zero-order chi connectivity index (χ0) is 14.3. The second-order valence-corrected chi connectivity index (χ2v) is 4.26. The minimum atomic E-state index is -0.992. The molecular formula is C13H18N2O4. The quantitative estimate of drug-likeness (QED) is 0.800. The molecule has 6 nitrogen and oxygen atoms in total. The highest BCUT2D eigenvalue weighted by Gasteiger charge is 2.20. The van der Waals surface area contributed by atoms with Gasteiger partial charge in [-0.1, -0.05) is 30.3 Å². The van der Waals surface area contributed by atoms with Gasteiger partial charge in [0.1, 0.15) is 12.6 Å². The lowest BCUT2D eigenvalue weighted by molar-refractivity contribution is -0.142. The molecule has 1 amide bonds. The van der Waals surface area contributed by atoms with Crippen LogP contribution in [0.3, 0.4) is 0 Å². The largest absolute Gasteiger partial charge is 0.480 e. The van der Waals surface area contributed by atoms with Crippen molar-refractivity contribution in [2.75, 3.05) is 20.6 Å². The van der Waals surface area contributed by atoms with E-state index in [0.717, 1.165) is 5.56 Å². The number of hydrogen-bond donors (Lipinski definition) is 2. The fourth-order valence-corrected chi connectivity index (χ4v) is 1.44. The number of likely N-dealkylation sites (N-methyl/N-ethyl adjacent to an activating group) is 1. The standard InChI is InChI=1S/C13H18N2O4/c1-15(2)11(12(16)17)8-14-13(18)19-9-10-6-4-3-5-7-10/h3-7,11H,8-9H2,1-2H3,(H,14,18)(H,16,17). The predicted molar refractivity (Wildman–Crippen MR) is 69.7 cm³/mol. The minimum absolute atomic E-state index is 0.00401. The van der Waals surface area contributed by atoms with Crippen LogP contribution in [0.1, 0.15) is 5.56 Å². The summed E-state index contributed by atoms with van der Waals surface area (Å²) in [7, 11) is 3.27. The summed E-state index contributed by atoms with van der Waals surface area (Å²) < 4.78 is 4.98. The number of amides is 1. The average molecular weight is 266 g/mol. The van der Waals surface area contributed by atoms with Gasteiger partial charge in [0.05, 0.1) is 0 Å². The maximum Gasteiger partial charge on any atom is 0.407 e. The molecule has 0 heterocycles. The molecule has 0 fully saturated rings. The fraction of sp³-hybridized carbons (Fsp3) is 0.385. The summed E-state index contributed by atoms with van der Waals surface area (Å²) in [5.41, 5.74) is 0.875. The van der Waals surface area contributed by atoms with E-state index < -0.39 is 18.1 Å². The smallest absolute Gasteiger partial charge is 0.407 e. The van der Waals surface area contributed by atoms with Gasteiger partial charge in [-0.2, -0.15) is 0 Å². The Hall–Kier alpha value is -2.08. The van der Waals surface area contributed by atoms with E-state index in [1.807, 2.05) is 30.3 Å². The molecule has 6 heteroatoms. The minimum Gasteiger partial charge on any atom is -0.480 e. The van der Waals surface area contributed by atoms with Gasteiger partial charge in [-0.15, -0.1) is 0 Å². The van der Waals surface area contributed by atoms with E-state index >= 15 is 0 Å². The first-order valence-electron chi connectivity index (χ1n) is 5.84. The Balaban J connectivity index is 2.33. The summed E-state index contributed by atoms with van der Waals surface area (Å²) in [5.74, 6) is -0.992. The van der Waals surface area contributed by atoms with Gasteiger partial charge in [0.25, 0.3) is 0 Å². The SMILES string of the molecule is CN(C)C(CNC(=O)OCc1ccccc1)C(=O)O. The summed E-state index contributed by atoms with van der Waals surface area (Å²) in [6, 6.07) is 8.48. The Kier molecular flexibility index (Phi) is 5.81. The van der Waals surface area contributed by atoms with Gasteiger partial charge in [0.2, 0.25) is 0 Å².